The third kappa shape index (κ3) is 3.26. The lowest BCUT2D eigenvalue weighted by Crippen LogP contribution is -2.30. The first-order chi connectivity index (χ1) is 10.6. The molecule has 1 N–H and O–H groups in total. The standard InChI is InChI=1S/C16H22N2O4/c1-11(12-4-2-3-5-12)22-14-7-6-13-10-18(16(19)20)8-9-21-15(13)17-14/h6-7,11-12H,2-5,8-10H2,1H3,(H,19,20). The minimum Gasteiger partial charge on any atom is -0.475 e. The van der Waals surface area contributed by atoms with Crippen LogP contribution in [0.3, 0.4) is 0 Å². The third-order valence-electron chi connectivity index (χ3n) is 4.52. The van der Waals surface area contributed by atoms with Crippen LogP contribution in [0.25, 0.3) is 0 Å². The Bertz CT molecular complexity index is 543. The molecule has 1 atom stereocenters. The molecule has 1 unspecified atom stereocenters. The fourth-order valence-corrected chi connectivity index (χ4v) is 3.18. The average Bonchev–Trinajstić information content (AvgIpc) is 2.94. The molecule has 6 heteroatoms. The maximum absolute atomic E-state index is 11.1. The highest BCUT2D eigenvalue weighted by Crippen LogP contribution is 2.31. The molecule has 1 aliphatic carbocycles. The van der Waals surface area contributed by atoms with Gasteiger partial charge in [-0.25, -0.2) is 4.79 Å². The van der Waals surface area contributed by atoms with Gasteiger partial charge in [0.15, 0.2) is 0 Å². The van der Waals surface area contributed by atoms with E-state index in [1.165, 1.54) is 30.6 Å². The third-order valence-corrected chi connectivity index (χ3v) is 4.52. The van der Waals surface area contributed by atoms with Crippen LogP contribution in [0.2, 0.25) is 0 Å². The van der Waals surface area contributed by atoms with E-state index in [1.807, 2.05) is 6.07 Å². The first-order valence-electron chi connectivity index (χ1n) is 7.91. The second-order valence-electron chi connectivity index (χ2n) is 6.03. The highest BCUT2D eigenvalue weighted by Gasteiger charge is 2.24. The van der Waals surface area contributed by atoms with Gasteiger partial charge in [-0.1, -0.05) is 12.8 Å². The second kappa shape index (κ2) is 6.42. The minimum atomic E-state index is -0.938. The molecule has 6 nitrogen and oxygen atoms in total. The summed E-state index contributed by atoms with van der Waals surface area (Å²) < 4.78 is 11.5. The number of amides is 1. The minimum absolute atomic E-state index is 0.148. The Morgan fingerprint density at radius 1 is 1.45 bits per heavy atom. The Balaban J connectivity index is 1.70. The van der Waals surface area contributed by atoms with E-state index in [1.54, 1.807) is 6.07 Å². The number of hydrogen-bond donors (Lipinski definition) is 1. The van der Waals surface area contributed by atoms with Crippen LogP contribution < -0.4 is 9.47 Å². The Morgan fingerprint density at radius 2 is 2.23 bits per heavy atom. The molecule has 0 saturated heterocycles. The second-order valence-corrected chi connectivity index (χ2v) is 6.03. The fraction of sp³-hybridized carbons (Fsp3) is 0.625. The Hall–Kier alpha value is -1.98. The van der Waals surface area contributed by atoms with Crippen LogP contribution in [0.5, 0.6) is 11.8 Å². The Labute approximate surface area is 130 Å². The van der Waals surface area contributed by atoms with Gasteiger partial charge in [0, 0.05) is 11.6 Å². The summed E-state index contributed by atoms with van der Waals surface area (Å²) in [6.45, 7) is 3.06. The number of carboxylic acid groups (broad SMARTS) is 1. The summed E-state index contributed by atoms with van der Waals surface area (Å²) in [6, 6.07) is 3.65. The van der Waals surface area contributed by atoms with Crippen molar-refractivity contribution in [2.45, 2.75) is 45.3 Å². The molecule has 0 spiro atoms. The summed E-state index contributed by atoms with van der Waals surface area (Å²) in [5.74, 6) is 1.64. The number of nitrogens with zero attached hydrogens (tertiary/aromatic N) is 2. The van der Waals surface area contributed by atoms with E-state index in [2.05, 4.69) is 11.9 Å². The van der Waals surface area contributed by atoms with Crippen LogP contribution in [0.15, 0.2) is 12.1 Å². The highest BCUT2D eigenvalue weighted by molar-refractivity contribution is 5.65. The normalized spacial score (nSPS) is 20.0. The van der Waals surface area contributed by atoms with E-state index in [0.29, 0.717) is 37.4 Å². The van der Waals surface area contributed by atoms with Crippen molar-refractivity contribution < 1.29 is 19.4 Å². The molecule has 0 aromatic carbocycles. The molecular formula is C16H22N2O4. The van der Waals surface area contributed by atoms with Crippen LogP contribution in [0.4, 0.5) is 4.79 Å². The summed E-state index contributed by atoms with van der Waals surface area (Å²) in [5.41, 5.74) is 0.778. The zero-order chi connectivity index (χ0) is 15.5. The van der Waals surface area contributed by atoms with Crippen molar-refractivity contribution in [3.8, 4) is 11.8 Å². The number of fused-ring (bicyclic) bond motifs is 1. The molecular weight excluding hydrogens is 284 g/mol. The van der Waals surface area contributed by atoms with E-state index in [0.717, 1.165) is 5.56 Å². The van der Waals surface area contributed by atoms with Crippen LogP contribution in [0.1, 0.15) is 38.2 Å². The van der Waals surface area contributed by atoms with Crippen molar-refractivity contribution in [2.75, 3.05) is 13.2 Å². The summed E-state index contributed by atoms with van der Waals surface area (Å²) in [7, 11) is 0. The largest absolute Gasteiger partial charge is 0.475 e. The molecule has 1 saturated carbocycles. The molecule has 0 radical (unpaired) electrons. The van der Waals surface area contributed by atoms with E-state index in [9.17, 15) is 4.79 Å². The maximum atomic E-state index is 11.1. The van der Waals surface area contributed by atoms with Gasteiger partial charge < -0.3 is 19.5 Å². The predicted molar refractivity (Wildman–Crippen MR) is 80.2 cm³/mol. The molecule has 1 aromatic rings. The molecule has 3 rings (SSSR count). The molecule has 1 amide bonds. The quantitative estimate of drug-likeness (QED) is 0.929. The van der Waals surface area contributed by atoms with Crippen LogP contribution in [-0.2, 0) is 6.54 Å². The van der Waals surface area contributed by atoms with Crippen LogP contribution in [0, 0.1) is 5.92 Å². The number of hydrogen-bond acceptors (Lipinski definition) is 4. The van der Waals surface area contributed by atoms with E-state index in [-0.39, 0.29) is 6.10 Å². The lowest BCUT2D eigenvalue weighted by Gasteiger charge is -2.20. The van der Waals surface area contributed by atoms with Crippen LogP contribution in [-0.4, -0.2) is 40.3 Å². The lowest BCUT2D eigenvalue weighted by atomic mass is 10.0. The molecule has 1 aliphatic heterocycles. The Morgan fingerprint density at radius 3 is 2.95 bits per heavy atom. The summed E-state index contributed by atoms with van der Waals surface area (Å²) in [4.78, 5) is 16.8. The van der Waals surface area contributed by atoms with Crippen molar-refractivity contribution in [3.63, 3.8) is 0 Å². The van der Waals surface area contributed by atoms with Crippen molar-refractivity contribution in [1.29, 1.82) is 0 Å². The molecule has 1 fully saturated rings. The molecule has 22 heavy (non-hydrogen) atoms. The van der Waals surface area contributed by atoms with Gasteiger partial charge >= 0.3 is 6.09 Å². The van der Waals surface area contributed by atoms with Crippen molar-refractivity contribution in [3.05, 3.63) is 17.7 Å². The number of pyridine rings is 1. The van der Waals surface area contributed by atoms with Gasteiger partial charge in [-0.15, -0.1) is 0 Å². The molecule has 120 valence electrons. The van der Waals surface area contributed by atoms with Crippen molar-refractivity contribution >= 4 is 6.09 Å². The first kappa shape index (κ1) is 14.9. The van der Waals surface area contributed by atoms with Gasteiger partial charge in [0.05, 0.1) is 13.1 Å². The van der Waals surface area contributed by atoms with Gasteiger partial charge in [-0.05, 0) is 31.7 Å². The molecule has 2 aliphatic rings. The van der Waals surface area contributed by atoms with Crippen molar-refractivity contribution in [2.24, 2.45) is 5.92 Å². The molecule has 2 heterocycles. The van der Waals surface area contributed by atoms with Gasteiger partial charge in [-0.2, -0.15) is 4.98 Å². The van der Waals surface area contributed by atoms with Crippen LogP contribution >= 0.6 is 0 Å². The fourth-order valence-electron chi connectivity index (χ4n) is 3.18. The number of aromatic nitrogens is 1. The summed E-state index contributed by atoms with van der Waals surface area (Å²) in [6.07, 6.45) is 4.21. The zero-order valence-corrected chi connectivity index (χ0v) is 12.8. The number of carbonyl (C=O) groups is 1. The average molecular weight is 306 g/mol. The summed E-state index contributed by atoms with van der Waals surface area (Å²) in [5, 5.41) is 9.11. The molecule has 1 aromatic heterocycles. The highest BCUT2D eigenvalue weighted by atomic mass is 16.5. The SMILES string of the molecule is CC(Oc1ccc2c(n1)OCCN(C(=O)O)C2)C1CCCC1. The van der Waals surface area contributed by atoms with E-state index < -0.39 is 6.09 Å². The topological polar surface area (TPSA) is 71.9 Å². The van der Waals surface area contributed by atoms with E-state index in [4.69, 9.17) is 14.6 Å². The van der Waals surface area contributed by atoms with E-state index >= 15 is 0 Å². The smallest absolute Gasteiger partial charge is 0.407 e. The number of ether oxygens (including phenoxy) is 2. The Kier molecular flexibility index (Phi) is 4.36. The van der Waals surface area contributed by atoms with Gasteiger partial charge in [-0.3, -0.25) is 0 Å². The number of rotatable bonds is 3. The van der Waals surface area contributed by atoms with Gasteiger partial charge in [0.25, 0.3) is 0 Å². The predicted octanol–water partition coefficient (Wildman–Crippen LogP) is 2.91. The van der Waals surface area contributed by atoms with Crippen molar-refractivity contribution in [1.82, 2.24) is 9.88 Å². The maximum Gasteiger partial charge on any atom is 0.407 e. The monoisotopic (exact) mass is 306 g/mol. The van der Waals surface area contributed by atoms with Gasteiger partial charge in [0.2, 0.25) is 11.8 Å². The summed E-state index contributed by atoms with van der Waals surface area (Å²) >= 11 is 0. The first-order valence-corrected chi connectivity index (χ1v) is 7.91. The zero-order valence-electron chi connectivity index (χ0n) is 12.8. The lowest BCUT2D eigenvalue weighted by molar-refractivity contribution is 0.137. The molecule has 0 bridgehead atoms. The van der Waals surface area contributed by atoms with Gasteiger partial charge in [0.1, 0.15) is 12.7 Å².